The number of rotatable bonds is 5. The zero-order chi connectivity index (χ0) is 28.8. The van der Waals surface area contributed by atoms with Crippen LogP contribution in [0.25, 0.3) is 0 Å². The fourth-order valence-electron chi connectivity index (χ4n) is 6.28. The predicted molar refractivity (Wildman–Crippen MR) is 150 cm³/mol. The van der Waals surface area contributed by atoms with Gasteiger partial charge in [-0.3, -0.25) is 9.69 Å². The number of carbonyl (C=O) groups is 1. The Hall–Kier alpha value is -2.91. The number of aryl methyl sites for hydroxylation is 1. The lowest BCUT2D eigenvalue weighted by molar-refractivity contribution is -0.136. The first-order valence-corrected chi connectivity index (χ1v) is 14.3. The van der Waals surface area contributed by atoms with Crippen LogP contribution in [-0.2, 0) is 4.79 Å². The molecule has 0 radical (unpaired) electrons. The van der Waals surface area contributed by atoms with Crippen LogP contribution in [0, 0.1) is 24.5 Å². The van der Waals surface area contributed by atoms with Gasteiger partial charge >= 0.3 is 0 Å². The van der Waals surface area contributed by atoms with Gasteiger partial charge in [-0.2, -0.15) is 4.80 Å². The van der Waals surface area contributed by atoms with Gasteiger partial charge in [-0.05, 0) is 93.0 Å². The Kier molecular flexibility index (Phi) is 7.99. The molecule has 40 heavy (non-hydrogen) atoms. The maximum Gasteiger partial charge on any atom is 0.227 e. The molecule has 3 aromatic rings. The van der Waals surface area contributed by atoms with E-state index in [0.29, 0.717) is 36.8 Å². The topological polar surface area (TPSA) is 67.2 Å². The number of nitrogens with zero attached hydrogens (tertiary/aromatic N) is 6. The number of likely N-dealkylation sites (tertiary alicyclic amines) is 2. The van der Waals surface area contributed by atoms with Crippen molar-refractivity contribution in [1.29, 1.82) is 0 Å². The standard InChI is InChI=1S/C30H37ClF2N6O/c1-18-12-23(19(2)39-35-17-34-36-39)24(14-27(18)31)20-8-10-37(11-9-20)29(40)26-16-38(30(3,4)5)15-25(26)22-7-6-21(32)13-28(22)33/h6-7,12-14,17,19-20,25-26H,8-11,15-16H2,1-5H3/t19-,25+,26?/m1/s1. The number of hydrogen-bond donors (Lipinski definition) is 0. The van der Waals surface area contributed by atoms with Crippen LogP contribution in [-0.4, -0.2) is 67.6 Å². The Morgan fingerprint density at radius 3 is 2.42 bits per heavy atom. The molecule has 10 heteroatoms. The minimum Gasteiger partial charge on any atom is -0.342 e. The van der Waals surface area contributed by atoms with Gasteiger partial charge < -0.3 is 4.90 Å². The van der Waals surface area contributed by atoms with Crippen LogP contribution < -0.4 is 0 Å². The molecule has 2 aromatic carbocycles. The Morgan fingerprint density at radius 1 is 1.07 bits per heavy atom. The molecule has 0 N–H and O–H groups in total. The van der Waals surface area contributed by atoms with E-state index in [2.05, 4.69) is 47.1 Å². The second kappa shape index (κ2) is 11.2. The molecular formula is C30H37ClF2N6O. The Labute approximate surface area is 239 Å². The van der Waals surface area contributed by atoms with Gasteiger partial charge in [0.15, 0.2) is 6.33 Å². The van der Waals surface area contributed by atoms with Crippen molar-refractivity contribution in [2.75, 3.05) is 26.2 Å². The largest absolute Gasteiger partial charge is 0.342 e. The molecule has 2 aliphatic heterocycles. The van der Waals surface area contributed by atoms with E-state index in [1.165, 1.54) is 18.5 Å². The van der Waals surface area contributed by atoms with E-state index in [0.717, 1.165) is 35.6 Å². The van der Waals surface area contributed by atoms with Crippen molar-refractivity contribution in [2.24, 2.45) is 5.92 Å². The SMILES string of the molecule is Cc1cc([C@@H](C)n2ncnn2)c(C2CCN(C(=O)C3CN(C(C)(C)C)C[C@H]3c3ccc(F)cc3F)CC2)cc1Cl. The van der Waals surface area contributed by atoms with E-state index in [9.17, 15) is 13.6 Å². The molecule has 1 amide bonds. The highest BCUT2D eigenvalue weighted by Gasteiger charge is 2.45. The van der Waals surface area contributed by atoms with Crippen LogP contribution in [0.2, 0.25) is 5.02 Å². The average Bonchev–Trinajstić information content (AvgIpc) is 3.60. The molecule has 3 heterocycles. The van der Waals surface area contributed by atoms with Gasteiger partial charge in [0, 0.05) is 48.7 Å². The molecule has 0 aliphatic carbocycles. The third-order valence-electron chi connectivity index (χ3n) is 8.72. The highest BCUT2D eigenvalue weighted by molar-refractivity contribution is 6.31. The normalized spacial score (nSPS) is 21.6. The number of aromatic nitrogens is 4. The van der Waals surface area contributed by atoms with Crippen molar-refractivity contribution in [3.63, 3.8) is 0 Å². The monoisotopic (exact) mass is 570 g/mol. The average molecular weight is 571 g/mol. The molecule has 0 bridgehead atoms. The predicted octanol–water partition coefficient (Wildman–Crippen LogP) is 5.74. The van der Waals surface area contributed by atoms with Gasteiger partial charge in [0.05, 0.1) is 12.0 Å². The van der Waals surface area contributed by atoms with Crippen LogP contribution in [0.15, 0.2) is 36.7 Å². The second-order valence-electron chi connectivity index (χ2n) is 12.2. The van der Waals surface area contributed by atoms with E-state index in [1.807, 2.05) is 24.8 Å². The van der Waals surface area contributed by atoms with Crippen LogP contribution in [0.4, 0.5) is 8.78 Å². The van der Waals surface area contributed by atoms with Crippen LogP contribution in [0.1, 0.15) is 80.7 Å². The summed E-state index contributed by atoms with van der Waals surface area (Å²) in [5, 5.41) is 12.9. The molecule has 3 atom stereocenters. The molecule has 7 nitrogen and oxygen atoms in total. The number of amides is 1. The fraction of sp³-hybridized carbons (Fsp3) is 0.533. The van der Waals surface area contributed by atoms with Crippen molar-refractivity contribution in [3.8, 4) is 0 Å². The molecule has 0 saturated carbocycles. The molecule has 1 unspecified atom stereocenters. The first-order chi connectivity index (χ1) is 18.9. The van der Waals surface area contributed by atoms with E-state index in [-0.39, 0.29) is 29.3 Å². The van der Waals surface area contributed by atoms with Crippen molar-refractivity contribution < 1.29 is 13.6 Å². The number of hydrogen-bond acceptors (Lipinski definition) is 5. The summed E-state index contributed by atoms with van der Waals surface area (Å²) in [6.45, 7) is 12.6. The first-order valence-electron chi connectivity index (χ1n) is 13.9. The van der Waals surface area contributed by atoms with E-state index < -0.39 is 17.6 Å². The lowest BCUT2D eigenvalue weighted by Gasteiger charge is -2.36. The summed E-state index contributed by atoms with van der Waals surface area (Å²) >= 11 is 6.57. The van der Waals surface area contributed by atoms with Crippen molar-refractivity contribution in [2.45, 2.75) is 70.9 Å². The Balaban J connectivity index is 1.35. The maximum absolute atomic E-state index is 14.9. The molecule has 2 fully saturated rings. The Morgan fingerprint density at radius 2 is 1.80 bits per heavy atom. The summed E-state index contributed by atoms with van der Waals surface area (Å²) in [6, 6.07) is 7.74. The highest BCUT2D eigenvalue weighted by atomic mass is 35.5. The molecule has 5 rings (SSSR count). The minimum absolute atomic E-state index is 0.0428. The number of piperidine rings is 1. The van der Waals surface area contributed by atoms with Crippen LogP contribution in [0.3, 0.4) is 0 Å². The smallest absolute Gasteiger partial charge is 0.227 e. The third kappa shape index (κ3) is 5.63. The molecular weight excluding hydrogens is 534 g/mol. The second-order valence-corrected chi connectivity index (χ2v) is 12.6. The van der Waals surface area contributed by atoms with E-state index in [4.69, 9.17) is 11.6 Å². The number of tetrazole rings is 1. The lowest BCUT2D eigenvalue weighted by atomic mass is 9.83. The summed E-state index contributed by atoms with van der Waals surface area (Å²) < 4.78 is 28.6. The fourth-order valence-corrected chi connectivity index (χ4v) is 6.45. The number of halogens is 3. The molecule has 1 aromatic heterocycles. The lowest BCUT2D eigenvalue weighted by Crippen LogP contribution is -2.44. The molecule has 214 valence electrons. The number of carbonyl (C=O) groups excluding carboxylic acids is 1. The van der Waals surface area contributed by atoms with Gasteiger partial charge in [-0.15, -0.1) is 10.2 Å². The van der Waals surface area contributed by atoms with Gasteiger partial charge in [0.25, 0.3) is 0 Å². The van der Waals surface area contributed by atoms with Crippen molar-refractivity contribution in [3.05, 3.63) is 75.6 Å². The van der Waals surface area contributed by atoms with Crippen molar-refractivity contribution >= 4 is 17.5 Å². The highest BCUT2D eigenvalue weighted by Crippen LogP contribution is 2.41. The van der Waals surface area contributed by atoms with Gasteiger partial charge in [0.1, 0.15) is 11.6 Å². The van der Waals surface area contributed by atoms with E-state index in [1.54, 1.807) is 4.80 Å². The van der Waals surface area contributed by atoms with E-state index >= 15 is 0 Å². The summed E-state index contributed by atoms with van der Waals surface area (Å²) in [5.41, 5.74) is 3.49. The summed E-state index contributed by atoms with van der Waals surface area (Å²) in [6.07, 6.45) is 3.01. The Bertz CT molecular complexity index is 1370. The van der Waals surface area contributed by atoms with Gasteiger partial charge in [0.2, 0.25) is 5.91 Å². The first kappa shape index (κ1) is 28.6. The minimum atomic E-state index is -0.610. The molecule has 0 spiro atoms. The molecule has 2 saturated heterocycles. The summed E-state index contributed by atoms with van der Waals surface area (Å²) in [4.78, 5) is 19.7. The zero-order valence-corrected chi connectivity index (χ0v) is 24.5. The molecule has 2 aliphatic rings. The zero-order valence-electron chi connectivity index (χ0n) is 23.7. The third-order valence-corrected chi connectivity index (χ3v) is 9.13. The number of benzene rings is 2. The van der Waals surface area contributed by atoms with Crippen molar-refractivity contribution in [1.82, 2.24) is 30.0 Å². The summed E-state index contributed by atoms with van der Waals surface area (Å²) in [7, 11) is 0. The maximum atomic E-state index is 14.9. The quantitative estimate of drug-likeness (QED) is 0.391. The van der Waals surface area contributed by atoms with Crippen LogP contribution >= 0.6 is 11.6 Å². The summed E-state index contributed by atoms with van der Waals surface area (Å²) in [5.74, 6) is -1.65. The van der Waals surface area contributed by atoms with Gasteiger partial charge in [-0.1, -0.05) is 23.7 Å². The van der Waals surface area contributed by atoms with Crippen LogP contribution in [0.5, 0.6) is 0 Å². The van der Waals surface area contributed by atoms with Gasteiger partial charge in [-0.25, -0.2) is 8.78 Å².